The average Bonchev–Trinajstić information content (AvgIpc) is 3.66. The fourth-order valence-corrected chi connectivity index (χ4v) is 8.93. The van der Waals surface area contributed by atoms with Crippen molar-refractivity contribution >= 4 is 60.4 Å². The van der Waals surface area contributed by atoms with Gasteiger partial charge in [0.2, 0.25) is 0 Å². The summed E-state index contributed by atoms with van der Waals surface area (Å²) < 4.78 is 2.45. The number of anilines is 3. The van der Waals surface area contributed by atoms with Crippen molar-refractivity contribution in [3.63, 3.8) is 0 Å². The second-order valence-electron chi connectivity index (χ2n) is 14.9. The summed E-state index contributed by atoms with van der Waals surface area (Å²) in [5.41, 5.74) is 14.1. The van der Waals surface area contributed by atoms with Gasteiger partial charge in [-0.3, -0.25) is 0 Å². The van der Waals surface area contributed by atoms with Gasteiger partial charge in [0.15, 0.2) is 0 Å². The van der Waals surface area contributed by atoms with E-state index in [2.05, 4.69) is 240 Å². The van der Waals surface area contributed by atoms with Gasteiger partial charge in [-0.15, -0.1) is 0 Å². The molecule has 0 fully saturated rings. The molecule has 0 bridgehead atoms. The minimum Gasteiger partial charge on any atom is -0.310 e. The largest absolute Gasteiger partial charge is 0.310 e. The summed E-state index contributed by atoms with van der Waals surface area (Å²) in [6.45, 7) is 0. The molecule has 58 heavy (non-hydrogen) atoms. The lowest BCUT2D eigenvalue weighted by Gasteiger charge is -2.27. The van der Waals surface area contributed by atoms with Crippen LogP contribution in [0.5, 0.6) is 0 Å². The number of aromatic nitrogens is 1. The highest BCUT2D eigenvalue weighted by molar-refractivity contribution is 6.23. The SMILES string of the molecule is c1ccc(-c2ccc(N(c3ccc(-c4cccc5cccc(-c6ccccc6)c45)cc3)c3cccc4c3c3ccc5ccccc5c3n4-c3ccccc3)cc2)cc1. The van der Waals surface area contributed by atoms with E-state index in [0.29, 0.717) is 0 Å². The number of para-hydroxylation sites is 1. The first-order valence-electron chi connectivity index (χ1n) is 19.9. The van der Waals surface area contributed by atoms with Gasteiger partial charge >= 0.3 is 0 Å². The Hall–Kier alpha value is -7.68. The summed E-state index contributed by atoms with van der Waals surface area (Å²) in [5, 5.41) is 7.40. The minimum atomic E-state index is 1.09. The van der Waals surface area contributed by atoms with Crippen LogP contribution < -0.4 is 4.90 Å². The molecule has 0 unspecified atom stereocenters. The molecular formula is C56H38N2. The quantitative estimate of drug-likeness (QED) is 0.158. The Morgan fingerprint density at radius 1 is 0.310 bits per heavy atom. The third kappa shape index (κ3) is 5.66. The predicted octanol–water partition coefficient (Wildman–Crippen LogP) is 15.6. The molecule has 1 aromatic heterocycles. The van der Waals surface area contributed by atoms with E-state index >= 15 is 0 Å². The molecule has 0 atom stereocenters. The van der Waals surface area contributed by atoms with Crippen LogP contribution in [0.25, 0.3) is 82.4 Å². The molecule has 0 aliphatic heterocycles. The van der Waals surface area contributed by atoms with E-state index in [1.54, 1.807) is 0 Å². The predicted molar refractivity (Wildman–Crippen MR) is 247 cm³/mol. The second-order valence-corrected chi connectivity index (χ2v) is 14.9. The first-order chi connectivity index (χ1) is 28.8. The van der Waals surface area contributed by atoms with Crippen molar-refractivity contribution < 1.29 is 0 Å². The molecule has 0 aliphatic rings. The van der Waals surface area contributed by atoms with Crippen molar-refractivity contribution in [3.8, 4) is 39.1 Å². The number of rotatable bonds is 7. The fraction of sp³-hybridized carbons (Fsp3) is 0. The van der Waals surface area contributed by atoms with Crippen LogP contribution in [-0.4, -0.2) is 4.57 Å². The van der Waals surface area contributed by atoms with Crippen LogP contribution >= 0.6 is 0 Å². The van der Waals surface area contributed by atoms with Crippen molar-refractivity contribution in [1.82, 2.24) is 4.57 Å². The molecule has 272 valence electrons. The van der Waals surface area contributed by atoms with Crippen molar-refractivity contribution in [2.24, 2.45) is 0 Å². The number of hydrogen-bond donors (Lipinski definition) is 0. The van der Waals surface area contributed by atoms with Crippen LogP contribution in [0, 0.1) is 0 Å². The number of nitrogens with zero attached hydrogens (tertiary/aromatic N) is 2. The molecule has 0 saturated heterocycles. The van der Waals surface area contributed by atoms with E-state index < -0.39 is 0 Å². The standard InChI is InChI=1S/C56H38N2/c1-4-15-39(16-5-1)40-29-34-46(35-30-40)57(47-36-31-43(32-37-47)49-26-13-21-44-20-12-25-48(54(44)49)41-17-6-2-7-18-41)52-27-14-28-53-55(52)51-38-33-42-19-10-11-24-50(42)56(51)58(53)45-22-8-3-9-23-45/h1-38H. The molecule has 11 rings (SSSR count). The van der Waals surface area contributed by atoms with Crippen molar-refractivity contribution in [2.75, 3.05) is 4.90 Å². The van der Waals surface area contributed by atoms with E-state index in [1.807, 2.05) is 0 Å². The van der Waals surface area contributed by atoms with Gasteiger partial charge in [-0.2, -0.15) is 0 Å². The van der Waals surface area contributed by atoms with E-state index in [1.165, 1.54) is 76.7 Å². The third-order valence-corrected chi connectivity index (χ3v) is 11.6. The van der Waals surface area contributed by atoms with Crippen LogP contribution in [0.4, 0.5) is 17.1 Å². The van der Waals surface area contributed by atoms with Gasteiger partial charge < -0.3 is 9.47 Å². The average molecular weight is 739 g/mol. The number of benzene rings is 10. The van der Waals surface area contributed by atoms with E-state index in [9.17, 15) is 0 Å². The highest BCUT2D eigenvalue weighted by atomic mass is 15.1. The van der Waals surface area contributed by atoms with Gasteiger partial charge in [0.05, 0.1) is 16.7 Å². The maximum Gasteiger partial charge on any atom is 0.0620 e. The first kappa shape index (κ1) is 33.6. The van der Waals surface area contributed by atoms with Gasteiger partial charge in [0, 0.05) is 33.2 Å². The van der Waals surface area contributed by atoms with E-state index in [-0.39, 0.29) is 0 Å². The lowest BCUT2D eigenvalue weighted by Crippen LogP contribution is -2.10. The van der Waals surface area contributed by atoms with Gasteiger partial charge in [0.1, 0.15) is 0 Å². The molecule has 2 nitrogen and oxygen atoms in total. The van der Waals surface area contributed by atoms with Gasteiger partial charge in [0.25, 0.3) is 0 Å². The monoisotopic (exact) mass is 738 g/mol. The van der Waals surface area contributed by atoms with Crippen LogP contribution in [0.3, 0.4) is 0 Å². The molecule has 1 heterocycles. The van der Waals surface area contributed by atoms with Crippen LogP contribution in [0.2, 0.25) is 0 Å². The molecule has 0 radical (unpaired) electrons. The molecule has 2 heteroatoms. The Morgan fingerprint density at radius 3 is 1.50 bits per heavy atom. The summed E-state index contributed by atoms with van der Waals surface area (Å²) in [5.74, 6) is 0. The van der Waals surface area contributed by atoms with E-state index in [4.69, 9.17) is 0 Å². The summed E-state index contributed by atoms with van der Waals surface area (Å²) >= 11 is 0. The smallest absolute Gasteiger partial charge is 0.0620 e. The lowest BCUT2D eigenvalue weighted by atomic mass is 9.91. The Balaban J connectivity index is 1.13. The Labute approximate surface area is 338 Å². The fourth-order valence-electron chi connectivity index (χ4n) is 8.93. The summed E-state index contributed by atoms with van der Waals surface area (Å²) in [4.78, 5) is 2.43. The second kappa shape index (κ2) is 14.1. The summed E-state index contributed by atoms with van der Waals surface area (Å²) in [6.07, 6.45) is 0. The van der Waals surface area contributed by atoms with Crippen molar-refractivity contribution in [3.05, 3.63) is 231 Å². The molecule has 0 amide bonds. The third-order valence-electron chi connectivity index (χ3n) is 11.6. The molecule has 11 aromatic rings. The molecule has 0 N–H and O–H groups in total. The molecule has 0 aliphatic carbocycles. The van der Waals surface area contributed by atoms with Gasteiger partial charge in [-0.25, -0.2) is 0 Å². The minimum absolute atomic E-state index is 1.09. The summed E-state index contributed by atoms with van der Waals surface area (Å²) in [7, 11) is 0. The first-order valence-corrected chi connectivity index (χ1v) is 19.9. The zero-order valence-electron chi connectivity index (χ0n) is 31.8. The van der Waals surface area contributed by atoms with Crippen LogP contribution in [0.1, 0.15) is 0 Å². The summed E-state index contributed by atoms with van der Waals surface area (Å²) in [6, 6.07) is 83.6. The zero-order valence-corrected chi connectivity index (χ0v) is 31.8. The number of hydrogen-bond acceptors (Lipinski definition) is 1. The van der Waals surface area contributed by atoms with Gasteiger partial charge in [-0.1, -0.05) is 182 Å². The normalized spacial score (nSPS) is 11.4. The molecule has 0 saturated carbocycles. The van der Waals surface area contributed by atoms with E-state index in [0.717, 1.165) is 22.7 Å². The molecule has 0 spiro atoms. The van der Waals surface area contributed by atoms with Crippen LogP contribution in [0.15, 0.2) is 231 Å². The highest BCUT2D eigenvalue weighted by Crippen LogP contribution is 2.46. The van der Waals surface area contributed by atoms with Crippen molar-refractivity contribution in [2.45, 2.75) is 0 Å². The maximum absolute atomic E-state index is 2.45. The zero-order chi connectivity index (χ0) is 38.4. The Bertz CT molecular complexity index is 3230. The molecule has 10 aromatic carbocycles. The highest BCUT2D eigenvalue weighted by Gasteiger charge is 2.22. The molecular weight excluding hydrogens is 701 g/mol. The Morgan fingerprint density at radius 2 is 0.828 bits per heavy atom. The Kier molecular flexibility index (Phi) is 8.19. The van der Waals surface area contributed by atoms with Crippen LogP contribution in [-0.2, 0) is 0 Å². The maximum atomic E-state index is 2.45. The van der Waals surface area contributed by atoms with Gasteiger partial charge in [-0.05, 0) is 98.1 Å². The lowest BCUT2D eigenvalue weighted by molar-refractivity contribution is 1.18. The topological polar surface area (TPSA) is 8.17 Å². The van der Waals surface area contributed by atoms with Crippen molar-refractivity contribution in [1.29, 1.82) is 0 Å². The number of fused-ring (bicyclic) bond motifs is 6.